The number of hydrogen-bond donors (Lipinski definition) is 1. The Hall–Kier alpha value is -0.790. The topological polar surface area (TPSA) is 37.3 Å². The molecule has 3 aliphatic rings. The zero-order valence-electron chi connectivity index (χ0n) is 10.8. The largest absolute Gasteiger partial charge is 0.478 e. The Balaban J connectivity index is 2.00. The molecule has 0 heterocycles. The van der Waals surface area contributed by atoms with Crippen molar-refractivity contribution >= 4 is 5.97 Å². The number of fused-ring (bicyclic) bond motifs is 1. The van der Waals surface area contributed by atoms with Gasteiger partial charge in [0.15, 0.2) is 0 Å². The number of carbonyl (C=O) groups is 1. The predicted molar refractivity (Wildman–Crippen MR) is 66.6 cm³/mol. The van der Waals surface area contributed by atoms with E-state index < -0.39 is 5.97 Å². The quantitative estimate of drug-likeness (QED) is 0.752. The Morgan fingerprint density at radius 1 is 1.47 bits per heavy atom. The average molecular weight is 234 g/mol. The highest BCUT2D eigenvalue weighted by Gasteiger charge is 2.58. The average Bonchev–Trinajstić information content (AvgIpc) is 2.53. The highest BCUT2D eigenvalue weighted by Crippen LogP contribution is 2.67. The van der Waals surface area contributed by atoms with Gasteiger partial charge in [-0.15, -0.1) is 0 Å². The van der Waals surface area contributed by atoms with E-state index >= 15 is 0 Å². The van der Waals surface area contributed by atoms with Crippen LogP contribution in [0.4, 0.5) is 0 Å². The number of carboxylic acids is 1. The molecule has 2 nitrogen and oxygen atoms in total. The molecule has 1 spiro atoms. The minimum atomic E-state index is -0.679. The van der Waals surface area contributed by atoms with E-state index in [0.29, 0.717) is 22.3 Å². The summed E-state index contributed by atoms with van der Waals surface area (Å²) < 4.78 is 0. The maximum Gasteiger partial charge on any atom is 0.331 e. The molecule has 0 unspecified atom stereocenters. The number of allylic oxidation sites excluding steroid dienone is 1. The SMILES string of the molecule is CC1(C)CCC[C@@H]2C[C@@H]3C[C@@]21CC=C3C(=O)O. The third kappa shape index (κ3) is 1.36. The molecule has 3 aliphatic carbocycles. The van der Waals surface area contributed by atoms with Gasteiger partial charge in [-0.1, -0.05) is 26.3 Å². The van der Waals surface area contributed by atoms with E-state index in [1.165, 1.54) is 19.3 Å². The van der Waals surface area contributed by atoms with Gasteiger partial charge in [-0.05, 0) is 54.8 Å². The first-order valence-corrected chi connectivity index (χ1v) is 6.90. The first-order valence-electron chi connectivity index (χ1n) is 6.90. The molecule has 0 aromatic heterocycles. The molecule has 1 N–H and O–H groups in total. The Kier molecular flexibility index (Phi) is 2.24. The second-order valence-corrected chi connectivity index (χ2v) is 6.93. The lowest BCUT2D eigenvalue weighted by atomic mass is 9.52. The smallest absolute Gasteiger partial charge is 0.331 e. The zero-order valence-corrected chi connectivity index (χ0v) is 10.8. The van der Waals surface area contributed by atoms with E-state index in [4.69, 9.17) is 0 Å². The molecule has 0 aromatic carbocycles. The van der Waals surface area contributed by atoms with Gasteiger partial charge in [0.25, 0.3) is 0 Å². The van der Waals surface area contributed by atoms with Crippen molar-refractivity contribution in [3.05, 3.63) is 11.6 Å². The normalized spacial score (nSPS) is 42.8. The Labute approximate surface area is 103 Å². The third-order valence-electron chi connectivity index (χ3n) is 6.04. The van der Waals surface area contributed by atoms with Gasteiger partial charge in [0.2, 0.25) is 0 Å². The van der Waals surface area contributed by atoms with Crippen molar-refractivity contribution in [2.45, 2.75) is 52.4 Å². The van der Waals surface area contributed by atoms with Crippen molar-refractivity contribution in [1.82, 2.24) is 0 Å². The molecule has 2 bridgehead atoms. The van der Waals surface area contributed by atoms with Gasteiger partial charge in [0.1, 0.15) is 0 Å². The minimum Gasteiger partial charge on any atom is -0.478 e. The lowest BCUT2D eigenvalue weighted by Gasteiger charge is -2.53. The molecule has 0 radical (unpaired) electrons. The molecule has 0 aliphatic heterocycles. The number of carboxylic acid groups (broad SMARTS) is 1. The van der Waals surface area contributed by atoms with Crippen molar-refractivity contribution in [3.63, 3.8) is 0 Å². The van der Waals surface area contributed by atoms with Crippen LogP contribution >= 0.6 is 0 Å². The molecule has 2 saturated carbocycles. The van der Waals surface area contributed by atoms with Crippen LogP contribution in [0.15, 0.2) is 11.6 Å². The highest BCUT2D eigenvalue weighted by atomic mass is 16.4. The molecular weight excluding hydrogens is 212 g/mol. The van der Waals surface area contributed by atoms with Crippen LogP contribution in [0.25, 0.3) is 0 Å². The molecule has 0 amide bonds. The van der Waals surface area contributed by atoms with Gasteiger partial charge < -0.3 is 5.11 Å². The van der Waals surface area contributed by atoms with Crippen molar-refractivity contribution in [3.8, 4) is 0 Å². The van der Waals surface area contributed by atoms with Crippen molar-refractivity contribution in [2.75, 3.05) is 0 Å². The van der Waals surface area contributed by atoms with E-state index in [2.05, 4.69) is 13.8 Å². The van der Waals surface area contributed by atoms with Crippen molar-refractivity contribution in [2.24, 2.45) is 22.7 Å². The van der Waals surface area contributed by atoms with E-state index in [1.54, 1.807) is 0 Å². The summed E-state index contributed by atoms with van der Waals surface area (Å²) in [6.45, 7) is 4.81. The molecular formula is C15H22O2. The van der Waals surface area contributed by atoms with Crippen LogP contribution in [-0.2, 0) is 4.79 Å². The molecule has 2 fully saturated rings. The maximum atomic E-state index is 11.2. The monoisotopic (exact) mass is 234 g/mol. The summed E-state index contributed by atoms with van der Waals surface area (Å²) >= 11 is 0. The summed E-state index contributed by atoms with van der Waals surface area (Å²) in [6.07, 6.45) is 9.26. The second kappa shape index (κ2) is 3.37. The van der Waals surface area contributed by atoms with Crippen LogP contribution in [0.5, 0.6) is 0 Å². The van der Waals surface area contributed by atoms with Gasteiger partial charge in [-0.3, -0.25) is 0 Å². The number of hydrogen-bond acceptors (Lipinski definition) is 1. The first kappa shape index (κ1) is 11.3. The van der Waals surface area contributed by atoms with Crippen LogP contribution < -0.4 is 0 Å². The lowest BCUT2D eigenvalue weighted by Crippen LogP contribution is -2.44. The molecule has 0 saturated heterocycles. The van der Waals surface area contributed by atoms with Gasteiger partial charge in [0.05, 0.1) is 0 Å². The Morgan fingerprint density at radius 2 is 2.24 bits per heavy atom. The van der Waals surface area contributed by atoms with E-state index in [1.807, 2.05) is 6.08 Å². The van der Waals surface area contributed by atoms with Crippen LogP contribution in [0.1, 0.15) is 52.4 Å². The minimum absolute atomic E-state index is 0.337. The van der Waals surface area contributed by atoms with E-state index in [9.17, 15) is 9.90 Å². The maximum absolute atomic E-state index is 11.2. The third-order valence-corrected chi connectivity index (χ3v) is 6.04. The van der Waals surface area contributed by atoms with E-state index in [0.717, 1.165) is 25.2 Å². The summed E-state index contributed by atoms with van der Waals surface area (Å²) in [5.41, 5.74) is 1.51. The number of rotatable bonds is 1. The van der Waals surface area contributed by atoms with E-state index in [-0.39, 0.29) is 0 Å². The van der Waals surface area contributed by atoms with Gasteiger partial charge in [-0.25, -0.2) is 4.79 Å². The van der Waals surface area contributed by atoms with Crippen molar-refractivity contribution < 1.29 is 9.90 Å². The Morgan fingerprint density at radius 3 is 2.94 bits per heavy atom. The molecule has 2 heteroatoms. The summed E-state index contributed by atoms with van der Waals surface area (Å²) in [7, 11) is 0. The molecule has 17 heavy (non-hydrogen) atoms. The summed E-state index contributed by atoms with van der Waals surface area (Å²) in [4.78, 5) is 11.2. The van der Waals surface area contributed by atoms with Crippen LogP contribution in [-0.4, -0.2) is 11.1 Å². The summed E-state index contributed by atoms with van der Waals surface area (Å²) in [5, 5.41) is 9.25. The molecule has 0 aromatic rings. The molecule has 3 rings (SSSR count). The van der Waals surface area contributed by atoms with Crippen molar-refractivity contribution in [1.29, 1.82) is 0 Å². The standard InChI is InChI=1S/C15H22O2/c1-14(2)6-3-4-11-8-10-9-15(11,14)7-5-12(10)13(16)17/h5,10-11H,3-4,6-9H2,1-2H3,(H,16,17)/t10-,11-,15+/m1/s1. The Bertz CT molecular complexity index is 394. The van der Waals surface area contributed by atoms with Gasteiger partial charge >= 0.3 is 5.97 Å². The first-order chi connectivity index (χ1) is 7.96. The second-order valence-electron chi connectivity index (χ2n) is 6.93. The fraction of sp³-hybridized carbons (Fsp3) is 0.800. The zero-order chi connectivity index (χ0) is 12.3. The van der Waals surface area contributed by atoms with Crippen LogP contribution in [0, 0.1) is 22.7 Å². The summed E-state index contributed by atoms with van der Waals surface area (Å²) in [5.74, 6) is 0.425. The molecule has 94 valence electrons. The lowest BCUT2D eigenvalue weighted by molar-refractivity contribution is -0.133. The fourth-order valence-corrected chi connectivity index (χ4v) is 5.00. The predicted octanol–water partition coefficient (Wildman–Crippen LogP) is 3.62. The van der Waals surface area contributed by atoms with Gasteiger partial charge in [0, 0.05) is 5.57 Å². The van der Waals surface area contributed by atoms with Crippen LogP contribution in [0.3, 0.4) is 0 Å². The fourth-order valence-electron chi connectivity index (χ4n) is 5.00. The highest BCUT2D eigenvalue weighted by molar-refractivity contribution is 5.87. The molecule has 3 atom stereocenters. The number of aliphatic carboxylic acids is 1. The van der Waals surface area contributed by atoms with Crippen LogP contribution in [0.2, 0.25) is 0 Å². The summed E-state index contributed by atoms with van der Waals surface area (Å²) in [6, 6.07) is 0. The van der Waals surface area contributed by atoms with Gasteiger partial charge in [-0.2, -0.15) is 0 Å².